The Labute approximate surface area is 121 Å². The van der Waals surface area contributed by atoms with Crippen molar-refractivity contribution < 1.29 is 22.1 Å². The smallest absolute Gasteiger partial charge is 0.301 e. The van der Waals surface area contributed by atoms with Gasteiger partial charge < -0.3 is 9.47 Å². The van der Waals surface area contributed by atoms with Gasteiger partial charge in [-0.3, -0.25) is 0 Å². The van der Waals surface area contributed by atoms with Crippen molar-refractivity contribution in [2.24, 2.45) is 0 Å². The maximum Gasteiger partial charge on any atom is 0.301 e. The summed E-state index contributed by atoms with van der Waals surface area (Å²) in [5.41, 5.74) is 0.973. The second-order valence-corrected chi connectivity index (χ2v) is 5.80. The molecule has 0 radical (unpaired) electrons. The molecular weight excluding hydrogens is 280 g/mol. The normalized spacial score (nSPS) is 12.6. The lowest BCUT2D eigenvalue weighted by atomic mass is 10.2. The zero-order valence-electron chi connectivity index (χ0n) is 12.4. The maximum atomic E-state index is 12.3. The van der Waals surface area contributed by atoms with Gasteiger partial charge >= 0.3 is 10.1 Å². The molecule has 0 unspecified atom stereocenters. The summed E-state index contributed by atoms with van der Waals surface area (Å²) in [6.07, 6.45) is 0.264. The lowest BCUT2D eigenvalue weighted by molar-refractivity contribution is -0.340. The molecule has 0 heterocycles. The van der Waals surface area contributed by atoms with E-state index in [2.05, 4.69) is 0 Å². The second kappa shape index (κ2) is 7.17. The quantitative estimate of drug-likeness (QED) is 0.546. The van der Waals surface area contributed by atoms with Gasteiger partial charge in [0.25, 0.3) is 5.97 Å². The van der Waals surface area contributed by atoms with Crippen LogP contribution in [0.25, 0.3) is 0 Å². The first-order valence-electron chi connectivity index (χ1n) is 6.69. The highest BCUT2D eigenvalue weighted by Gasteiger charge is 2.37. The van der Waals surface area contributed by atoms with Crippen molar-refractivity contribution in [3.8, 4) is 0 Å². The Hall–Kier alpha value is -0.950. The highest BCUT2D eigenvalue weighted by Crippen LogP contribution is 2.26. The fourth-order valence-corrected chi connectivity index (χ4v) is 2.83. The molecule has 0 aliphatic rings. The van der Waals surface area contributed by atoms with Crippen molar-refractivity contribution in [1.29, 1.82) is 0 Å². The molecule has 1 aromatic rings. The fraction of sp³-hybridized carbons (Fsp3) is 0.571. The Morgan fingerprint density at radius 2 is 1.50 bits per heavy atom. The molecule has 0 saturated carbocycles. The molecule has 0 spiro atoms. The fourth-order valence-electron chi connectivity index (χ4n) is 1.71. The van der Waals surface area contributed by atoms with Crippen molar-refractivity contribution >= 4 is 10.1 Å². The predicted molar refractivity (Wildman–Crippen MR) is 75.7 cm³/mol. The van der Waals surface area contributed by atoms with Crippen LogP contribution in [0.3, 0.4) is 0 Å². The first-order valence-corrected chi connectivity index (χ1v) is 8.10. The lowest BCUT2D eigenvalue weighted by Gasteiger charge is -2.30. The number of rotatable bonds is 8. The average Bonchev–Trinajstić information content (AvgIpc) is 2.39. The minimum absolute atomic E-state index is 0.0836. The zero-order valence-corrected chi connectivity index (χ0v) is 13.2. The van der Waals surface area contributed by atoms with Crippen LogP contribution in [-0.2, 0) is 23.8 Å². The summed E-state index contributed by atoms with van der Waals surface area (Å²) in [7, 11) is -3.94. The topological polar surface area (TPSA) is 61.8 Å². The molecule has 5 nitrogen and oxygen atoms in total. The van der Waals surface area contributed by atoms with Crippen molar-refractivity contribution in [3.05, 3.63) is 29.8 Å². The Morgan fingerprint density at radius 1 is 1.00 bits per heavy atom. The van der Waals surface area contributed by atoms with E-state index in [1.165, 1.54) is 12.1 Å². The Balaban J connectivity index is 3.04. The molecule has 0 amide bonds. The highest BCUT2D eigenvalue weighted by molar-refractivity contribution is 7.86. The van der Waals surface area contributed by atoms with E-state index >= 15 is 0 Å². The molecule has 0 bridgehead atoms. The van der Waals surface area contributed by atoms with Crippen LogP contribution in [0.2, 0.25) is 0 Å². The van der Waals surface area contributed by atoms with Crippen molar-refractivity contribution in [2.45, 2.75) is 45.0 Å². The standard InChI is InChI=1S/C14H22O5S/c1-5-14(17-6-2,18-7-3)19-20(15,16)13-10-8-12(4)9-11-13/h8-11H,5-7H2,1-4H3. The van der Waals surface area contributed by atoms with Gasteiger partial charge in [0.05, 0.1) is 4.90 Å². The summed E-state index contributed by atoms with van der Waals surface area (Å²) in [5, 5.41) is 0. The van der Waals surface area contributed by atoms with Crippen molar-refractivity contribution in [2.75, 3.05) is 13.2 Å². The lowest BCUT2D eigenvalue weighted by Crippen LogP contribution is -2.40. The predicted octanol–water partition coefficient (Wildman–Crippen LogP) is 2.84. The van der Waals surface area contributed by atoms with Gasteiger partial charge in [-0.25, -0.2) is 4.18 Å². The molecule has 6 heteroatoms. The van der Waals surface area contributed by atoms with Crippen LogP contribution in [0.15, 0.2) is 29.2 Å². The third kappa shape index (κ3) is 4.28. The van der Waals surface area contributed by atoms with Crippen LogP contribution in [0.1, 0.15) is 32.8 Å². The molecule has 0 aliphatic heterocycles. The molecule has 0 saturated heterocycles. The van der Waals surface area contributed by atoms with Crippen LogP contribution in [0.4, 0.5) is 0 Å². The van der Waals surface area contributed by atoms with Gasteiger partial charge in [-0.2, -0.15) is 8.42 Å². The summed E-state index contributed by atoms with van der Waals surface area (Å²) in [4.78, 5) is 0.0836. The Kier molecular flexibility index (Phi) is 6.13. The van der Waals surface area contributed by atoms with Crippen LogP contribution in [-0.4, -0.2) is 27.6 Å². The summed E-state index contributed by atoms with van der Waals surface area (Å²) < 4.78 is 40.5. The zero-order chi connectivity index (χ0) is 15.2. The number of benzene rings is 1. The number of hydrogen-bond acceptors (Lipinski definition) is 5. The first-order chi connectivity index (χ1) is 9.39. The van der Waals surface area contributed by atoms with Gasteiger partial charge in [-0.15, -0.1) is 0 Å². The molecule has 0 atom stereocenters. The van der Waals surface area contributed by atoms with E-state index < -0.39 is 16.1 Å². The summed E-state index contributed by atoms with van der Waals surface area (Å²) in [6.45, 7) is 7.72. The molecule has 114 valence electrons. The number of hydrogen-bond donors (Lipinski definition) is 0. The highest BCUT2D eigenvalue weighted by atomic mass is 32.2. The van der Waals surface area contributed by atoms with Gasteiger partial charge in [0.2, 0.25) is 0 Å². The van der Waals surface area contributed by atoms with E-state index in [9.17, 15) is 8.42 Å². The minimum atomic E-state index is -3.94. The van der Waals surface area contributed by atoms with E-state index in [1.807, 2.05) is 6.92 Å². The summed E-state index contributed by atoms with van der Waals surface area (Å²) >= 11 is 0. The van der Waals surface area contributed by atoms with Gasteiger partial charge in [0, 0.05) is 19.6 Å². The van der Waals surface area contributed by atoms with E-state index in [-0.39, 0.29) is 24.5 Å². The number of ether oxygens (including phenoxy) is 2. The molecule has 20 heavy (non-hydrogen) atoms. The Bertz CT molecular complexity index is 501. The van der Waals surface area contributed by atoms with E-state index in [0.717, 1.165) is 5.56 Å². The van der Waals surface area contributed by atoms with E-state index in [0.29, 0.717) is 0 Å². The molecule has 1 aromatic carbocycles. The van der Waals surface area contributed by atoms with Crippen LogP contribution >= 0.6 is 0 Å². The van der Waals surface area contributed by atoms with Crippen LogP contribution in [0.5, 0.6) is 0 Å². The third-order valence-corrected chi connectivity index (χ3v) is 4.03. The van der Waals surface area contributed by atoms with Crippen LogP contribution < -0.4 is 0 Å². The third-order valence-electron chi connectivity index (χ3n) is 2.71. The first kappa shape index (κ1) is 17.1. The number of aryl methyl sites for hydroxylation is 1. The monoisotopic (exact) mass is 302 g/mol. The Morgan fingerprint density at radius 3 is 1.90 bits per heavy atom. The largest absolute Gasteiger partial charge is 0.327 e. The molecule has 1 rings (SSSR count). The molecule has 0 aliphatic carbocycles. The summed E-state index contributed by atoms with van der Waals surface area (Å²) in [5.74, 6) is -1.56. The van der Waals surface area contributed by atoms with Gasteiger partial charge in [-0.1, -0.05) is 24.6 Å². The molecule has 0 N–H and O–H groups in total. The second-order valence-electron chi connectivity index (χ2n) is 4.25. The summed E-state index contributed by atoms with van der Waals surface area (Å²) in [6, 6.07) is 6.43. The maximum absolute atomic E-state index is 12.3. The van der Waals surface area contributed by atoms with Crippen molar-refractivity contribution in [1.82, 2.24) is 0 Å². The van der Waals surface area contributed by atoms with E-state index in [1.54, 1.807) is 32.9 Å². The molecule has 0 fully saturated rings. The van der Waals surface area contributed by atoms with Gasteiger partial charge in [-0.05, 0) is 32.9 Å². The van der Waals surface area contributed by atoms with Crippen LogP contribution in [0, 0.1) is 6.92 Å². The van der Waals surface area contributed by atoms with Crippen molar-refractivity contribution in [3.63, 3.8) is 0 Å². The van der Waals surface area contributed by atoms with Gasteiger partial charge in [0.1, 0.15) is 0 Å². The average molecular weight is 302 g/mol. The van der Waals surface area contributed by atoms with E-state index in [4.69, 9.17) is 13.7 Å². The SMILES string of the molecule is CCOC(CC)(OCC)OS(=O)(=O)c1ccc(C)cc1. The minimum Gasteiger partial charge on any atom is -0.327 e. The molecule has 0 aromatic heterocycles. The molecular formula is C14H22O5S. The van der Waals surface area contributed by atoms with Gasteiger partial charge in [0.15, 0.2) is 0 Å².